The van der Waals surface area contributed by atoms with E-state index in [1.54, 1.807) is 12.2 Å². The molecule has 1 N–H and O–H groups in total. The average molecular weight is 392 g/mol. The molecule has 0 aliphatic carbocycles. The van der Waals surface area contributed by atoms with Crippen LogP contribution in [-0.4, -0.2) is 69.6 Å². The molecule has 2 saturated heterocycles. The van der Waals surface area contributed by atoms with Crippen LogP contribution in [0.5, 0.6) is 5.75 Å². The van der Waals surface area contributed by atoms with E-state index in [4.69, 9.17) is 4.74 Å². The largest absolute Gasteiger partial charge is 0.490 e. The van der Waals surface area contributed by atoms with Crippen molar-refractivity contribution >= 4 is 21.8 Å². The lowest BCUT2D eigenvalue weighted by atomic mass is 10.1. The number of sulfone groups is 1. The maximum atomic E-state index is 12.4. The highest BCUT2D eigenvalue weighted by Gasteiger charge is 2.37. The molecule has 2 heterocycles. The molecule has 1 atom stereocenters. The number of quaternary nitrogens is 1. The van der Waals surface area contributed by atoms with Gasteiger partial charge in [-0.1, -0.05) is 24.8 Å². The van der Waals surface area contributed by atoms with Crippen LogP contribution in [0.15, 0.2) is 43.0 Å². The van der Waals surface area contributed by atoms with Gasteiger partial charge in [-0.05, 0) is 23.8 Å². The smallest absolute Gasteiger partial charge is 0.246 e. The van der Waals surface area contributed by atoms with E-state index in [0.717, 1.165) is 30.8 Å². The summed E-state index contributed by atoms with van der Waals surface area (Å²) >= 11 is 0. The second-order valence-corrected chi connectivity index (χ2v) is 9.31. The van der Waals surface area contributed by atoms with E-state index in [-0.39, 0.29) is 11.9 Å². The van der Waals surface area contributed by atoms with Crippen molar-refractivity contribution in [2.24, 2.45) is 0 Å². The average Bonchev–Trinajstić information content (AvgIpc) is 3.05. The molecule has 1 aromatic rings. The molecule has 3 rings (SSSR count). The third-order valence-electron chi connectivity index (χ3n) is 5.19. The number of ether oxygens (including phenoxy) is 1. The summed E-state index contributed by atoms with van der Waals surface area (Å²) in [7, 11) is -2.85. The molecule has 146 valence electrons. The normalized spacial score (nSPS) is 22.8. The van der Waals surface area contributed by atoms with Crippen molar-refractivity contribution in [3.05, 3.63) is 48.6 Å². The Morgan fingerprint density at radius 2 is 1.96 bits per heavy atom. The van der Waals surface area contributed by atoms with Crippen molar-refractivity contribution in [1.29, 1.82) is 0 Å². The Bertz CT molecular complexity index is 794. The SMILES string of the molecule is C=CCOc1ccc(/C=C/C(=O)N2CC[NH+]([C@H]3CCS(=O)(=O)C3)CC2)cc1. The molecule has 0 aromatic heterocycles. The lowest BCUT2D eigenvalue weighted by Gasteiger charge is -2.34. The molecule has 0 unspecified atom stereocenters. The second-order valence-electron chi connectivity index (χ2n) is 7.09. The topological polar surface area (TPSA) is 68.1 Å². The predicted molar refractivity (Wildman–Crippen MR) is 106 cm³/mol. The van der Waals surface area contributed by atoms with Crippen LogP contribution in [0.2, 0.25) is 0 Å². The monoisotopic (exact) mass is 391 g/mol. The predicted octanol–water partition coefficient (Wildman–Crippen LogP) is 0.179. The van der Waals surface area contributed by atoms with Gasteiger partial charge in [-0.2, -0.15) is 0 Å². The zero-order valence-corrected chi connectivity index (χ0v) is 16.3. The van der Waals surface area contributed by atoms with E-state index in [0.29, 0.717) is 31.2 Å². The number of benzene rings is 1. The number of hydrogen-bond donors (Lipinski definition) is 1. The summed E-state index contributed by atoms with van der Waals surface area (Å²) in [4.78, 5) is 15.6. The van der Waals surface area contributed by atoms with E-state index >= 15 is 0 Å². The number of hydrogen-bond acceptors (Lipinski definition) is 4. The fraction of sp³-hybridized carbons (Fsp3) is 0.450. The van der Waals surface area contributed by atoms with Gasteiger partial charge in [0, 0.05) is 12.5 Å². The summed E-state index contributed by atoms with van der Waals surface area (Å²) in [6.07, 6.45) is 5.85. The van der Waals surface area contributed by atoms with Gasteiger partial charge in [-0.3, -0.25) is 4.79 Å². The van der Waals surface area contributed by atoms with E-state index in [2.05, 4.69) is 6.58 Å². The van der Waals surface area contributed by atoms with E-state index < -0.39 is 9.84 Å². The number of nitrogens with one attached hydrogen (secondary N) is 1. The number of carbonyl (C=O) groups excluding carboxylic acids is 1. The molecule has 0 saturated carbocycles. The molecule has 2 fully saturated rings. The first kappa shape index (κ1) is 19.6. The number of rotatable bonds is 6. The second kappa shape index (κ2) is 8.71. The van der Waals surface area contributed by atoms with Crippen LogP contribution in [0.3, 0.4) is 0 Å². The summed E-state index contributed by atoms with van der Waals surface area (Å²) in [6, 6.07) is 7.75. The first-order valence-electron chi connectivity index (χ1n) is 9.32. The van der Waals surface area contributed by atoms with E-state index in [9.17, 15) is 13.2 Å². The molecule has 2 aliphatic rings. The third kappa shape index (κ3) is 5.43. The summed E-state index contributed by atoms with van der Waals surface area (Å²) in [6.45, 7) is 7.05. The molecule has 0 bridgehead atoms. The van der Waals surface area contributed by atoms with Gasteiger partial charge in [0.15, 0.2) is 9.84 Å². The van der Waals surface area contributed by atoms with Gasteiger partial charge in [-0.25, -0.2) is 8.42 Å². The standard InChI is InChI=1S/C20H26N2O4S/c1-2-14-26-19-6-3-17(4-7-19)5-8-20(23)22-12-10-21(11-13-22)18-9-15-27(24,25)16-18/h2-8,18H,1,9-16H2/p+1/b8-5+/t18-/m0/s1. The van der Waals surface area contributed by atoms with Crippen LogP contribution in [0.25, 0.3) is 6.08 Å². The van der Waals surface area contributed by atoms with Crippen LogP contribution in [0, 0.1) is 0 Å². The van der Waals surface area contributed by atoms with Crippen molar-refractivity contribution in [3.63, 3.8) is 0 Å². The Balaban J connectivity index is 1.48. The van der Waals surface area contributed by atoms with E-state index in [1.165, 1.54) is 4.90 Å². The van der Waals surface area contributed by atoms with Crippen molar-refractivity contribution in [3.8, 4) is 5.75 Å². The van der Waals surface area contributed by atoms with Gasteiger partial charge in [0.05, 0.1) is 31.9 Å². The Morgan fingerprint density at radius 3 is 2.56 bits per heavy atom. The maximum absolute atomic E-state index is 12.4. The lowest BCUT2D eigenvalue weighted by Crippen LogP contribution is -3.18. The van der Waals surface area contributed by atoms with Crippen molar-refractivity contribution in [1.82, 2.24) is 4.90 Å². The van der Waals surface area contributed by atoms with Gasteiger partial charge < -0.3 is 14.5 Å². The molecule has 2 aliphatic heterocycles. The minimum atomic E-state index is -2.85. The molecule has 1 aromatic carbocycles. The molecular formula is C20H27N2O4S+. The first-order valence-corrected chi connectivity index (χ1v) is 11.1. The van der Waals surface area contributed by atoms with Gasteiger partial charge in [0.1, 0.15) is 24.2 Å². The molecule has 7 heteroatoms. The Labute approximate surface area is 161 Å². The Morgan fingerprint density at radius 1 is 1.26 bits per heavy atom. The molecule has 1 amide bonds. The molecular weight excluding hydrogens is 364 g/mol. The minimum Gasteiger partial charge on any atom is -0.490 e. The van der Waals surface area contributed by atoms with Gasteiger partial charge in [0.2, 0.25) is 5.91 Å². The van der Waals surface area contributed by atoms with Crippen molar-refractivity contribution < 1.29 is 22.8 Å². The zero-order valence-electron chi connectivity index (χ0n) is 15.5. The first-order chi connectivity index (χ1) is 13.0. The number of carbonyl (C=O) groups is 1. The fourth-order valence-electron chi connectivity index (χ4n) is 3.64. The van der Waals surface area contributed by atoms with Gasteiger partial charge >= 0.3 is 0 Å². The van der Waals surface area contributed by atoms with E-state index in [1.807, 2.05) is 35.2 Å². The number of amides is 1. The van der Waals surface area contributed by atoms with Gasteiger partial charge in [-0.15, -0.1) is 0 Å². The van der Waals surface area contributed by atoms with Crippen LogP contribution in [-0.2, 0) is 14.6 Å². The molecule has 27 heavy (non-hydrogen) atoms. The highest BCUT2D eigenvalue weighted by molar-refractivity contribution is 7.91. The maximum Gasteiger partial charge on any atom is 0.246 e. The highest BCUT2D eigenvalue weighted by Crippen LogP contribution is 2.13. The highest BCUT2D eigenvalue weighted by atomic mass is 32.2. The fourth-order valence-corrected chi connectivity index (χ4v) is 5.47. The third-order valence-corrected chi connectivity index (χ3v) is 6.96. The Hall–Kier alpha value is -2.12. The zero-order chi connectivity index (χ0) is 19.3. The summed E-state index contributed by atoms with van der Waals surface area (Å²) in [5, 5.41) is 0. The van der Waals surface area contributed by atoms with Crippen molar-refractivity contribution in [2.45, 2.75) is 12.5 Å². The lowest BCUT2D eigenvalue weighted by molar-refractivity contribution is -0.925. The molecule has 0 spiro atoms. The number of piperazine rings is 1. The number of nitrogens with zero attached hydrogens (tertiary/aromatic N) is 1. The van der Waals surface area contributed by atoms with Crippen LogP contribution in [0.4, 0.5) is 0 Å². The molecule has 0 radical (unpaired) electrons. The van der Waals surface area contributed by atoms with Crippen LogP contribution >= 0.6 is 0 Å². The Kier molecular flexibility index (Phi) is 6.34. The minimum absolute atomic E-state index is 0.0000716. The van der Waals surface area contributed by atoms with Crippen LogP contribution < -0.4 is 9.64 Å². The summed E-state index contributed by atoms with van der Waals surface area (Å²) in [5.74, 6) is 1.37. The molecule has 6 nitrogen and oxygen atoms in total. The quantitative estimate of drug-likeness (QED) is 0.555. The van der Waals surface area contributed by atoms with Crippen molar-refractivity contribution in [2.75, 3.05) is 44.3 Å². The van der Waals surface area contributed by atoms with Gasteiger partial charge in [0.25, 0.3) is 0 Å². The summed E-state index contributed by atoms with van der Waals surface area (Å²) < 4.78 is 28.7. The summed E-state index contributed by atoms with van der Waals surface area (Å²) in [5.41, 5.74) is 0.940. The van der Waals surface area contributed by atoms with Crippen LogP contribution in [0.1, 0.15) is 12.0 Å².